The van der Waals surface area contributed by atoms with Crippen LogP contribution in [0, 0.1) is 17.8 Å². The Balaban J connectivity index is 2.25. The molecule has 0 spiro atoms. The Morgan fingerprint density at radius 2 is 1.86 bits per heavy atom. The maximum Gasteiger partial charge on any atom is 0.525 e. The average Bonchev–Trinajstić information content (AvgIpc) is 2.85. The van der Waals surface area contributed by atoms with Crippen LogP contribution in [0.2, 0.25) is 0 Å². The van der Waals surface area contributed by atoms with Gasteiger partial charge in [0.05, 0.1) is 11.8 Å². The predicted molar refractivity (Wildman–Crippen MR) is 62.4 cm³/mol. The van der Waals surface area contributed by atoms with Crippen molar-refractivity contribution in [2.75, 3.05) is 0 Å². The molecule has 118 valence electrons. The van der Waals surface area contributed by atoms with Crippen molar-refractivity contribution in [3.8, 4) is 0 Å². The monoisotopic (exact) mass is 327 g/mol. The fourth-order valence-electron chi connectivity index (χ4n) is 2.73. The van der Waals surface area contributed by atoms with Crippen molar-refractivity contribution in [2.24, 2.45) is 17.8 Å². The van der Waals surface area contributed by atoms with Crippen molar-refractivity contribution in [1.29, 1.82) is 0 Å². The Labute approximate surface area is 118 Å². The van der Waals surface area contributed by atoms with Crippen molar-refractivity contribution < 1.29 is 35.5 Å². The summed E-state index contributed by atoms with van der Waals surface area (Å²) in [4.78, 5) is 23.9. The van der Waals surface area contributed by atoms with Crippen LogP contribution in [0.1, 0.15) is 19.8 Å². The summed E-state index contributed by atoms with van der Waals surface area (Å²) in [5.74, 6) is -4.08. The van der Waals surface area contributed by atoms with E-state index < -0.39 is 39.3 Å². The highest BCUT2D eigenvalue weighted by atomic mass is 32.2. The number of hydrogen-bond acceptors (Lipinski definition) is 5. The fourth-order valence-corrected chi connectivity index (χ4v) is 3.16. The molecule has 2 aliphatic rings. The summed E-state index contributed by atoms with van der Waals surface area (Å²) in [6, 6.07) is 0. The molecule has 1 aliphatic heterocycles. The van der Waals surface area contributed by atoms with Crippen LogP contribution in [0.4, 0.5) is 13.2 Å². The van der Waals surface area contributed by atoms with E-state index in [1.807, 2.05) is 0 Å². The molecule has 2 amide bonds. The van der Waals surface area contributed by atoms with Crippen molar-refractivity contribution in [1.82, 2.24) is 5.06 Å². The fraction of sp³-hybridized carbons (Fsp3) is 0.636. The highest BCUT2D eigenvalue weighted by molar-refractivity contribution is 7.87. The highest BCUT2D eigenvalue weighted by Crippen LogP contribution is 2.45. The number of carbonyl (C=O) groups excluding carboxylic acids is 2. The van der Waals surface area contributed by atoms with Gasteiger partial charge < -0.3 is 0 Å². The van der Waals surface area contributed by atoms with Crippen LogP contribution >= 0.6 is 0 Å². The third kappa shape index (κ3) is 2.57. The molecule has 0 bridgehead atoms. The van der Waals surface area contributed by atoms with E-state index in [0.717, 1.165) is 0 Å². The molecule has 2 rings (SSSR count). The van der Waals surface area contributed by atoms with Gasteiger partial charge in [-0.15, -0.1) is 9.35 Å². The van der Waals surface area contributed by atoms with Crippen molar-refractivity contribution in [3.05, 3.63) is 12.2 Å². The lowest BCUT2D eigenvalue weighted by molar-refractivity contribution is -0.169. The maximum atomic E-state index is 12.3. The van der Waals surface area contributed by atoms with E-state index in [-0.39, 0.29) is 11.0 Å². The van der Waals surface area contributed by atoms with Gasteiger partial charge in [-0.2, -0.15) is 21.6 Å². The number of hydrogen-bond donors (Lipinski definition) is 0. The van der Waals surface area contributed by atoms with Crippen LogP contribution in [0.15, 0.2) is 12.2 Å². The van der Waals surface area contributed by atoms with Gasteiger partial charge in [0.25, 0.3) is 11.8 Å². The van der Waals surface area contributed by atoms with Crippen molar-refractivity contribution in [3.63, 3.8) is 0 Å². The van der Waals surface area contributed by atoms with Gasteiger partial charge in [0.1, 0.15) is 0 Å². The van der Waals surface area contributed by atoms with Crippen molar-refractivity contribution >= 4 is 21.9 Å². The zero-order chi connectivity index (χ0) is 16.0. The topological polar surface area (TPSA) is 80.8 Å². The maximum absolute atomic E-state index is 12.3. The third-order valence-corrected chi connectivity index (χ3v) is 4.52. The minimum atomic E-state index is -6.04. The summed E-state index contributed by atoms with van der Waals surface area (Å²) in [6.07, 6.45) is 4.19. The largest absolute Gasteiger partial charge is 0.525 e. The van der Waals surface area contributed by atoms with Gasteiger partial charge in [0.15, 0.2) is 0 Å². The van der Waals surface area contributed by atoms with Crippen LogP contribution < -0.4 is 0 Å². The number of rotatable bonds is 3. The predicted octanol–water partition coefficient (Wildman–Crippen LogP) is 1.35. The summed E-state index contributed by atoms with van der Waals surface area (Å²) >= 11 is 0. The lowest BCUT2D eigenvalue weighted by Crippen LogP contribution is -2.39. The van der Waals surface area contributed by atoms with E-state index in [2.05, 4.69) is 4.28 Å². The molecular weight excluding hydrogens is 315 g/mol. The molecule has 1 heterocycles. The Bertz CT molecular complexity index is 597. The first-order valence-corrected chi connectivity index (χ1v) is 7.52. The number of fused-ring (bicyclic) bond motifs is 1. The third-order valence-electron chi connectivity index (χ3n) is 3.60. The zero-order valence-electron chi connectivity index (χ0n) is 10.8. The summed E-state index contributed by atoms with van der Waals surface area (Å²) in [7, 11) is -6.04. The Morgan fingerprint density at radius 1 is 1.24 bits per heavy atom. The molecular formula is C11H12F3NO5S. The minimum absolute atomic E-state index is 0.256. The second kappa shape index (κ2) is 5.09. The van der Waals surface area contributed by atoms with Crippen LogP contribution in [0.25, 0.3) is 0 Å². The summed E-state index contributed by atoms with van der Waals surface area (Å²) in [5.41, 5.74) is -5.70. The molecule has 1 aliphatic carbocycles. The number of alkyl halides is 3. The molecule has 0 aromatic heterocycles. The highest BCUT2D eigenvalue weighted by Gasteiger charge is 2.58. The Morgan fingerprint density at radius 3 is 2.38 bits per heavy atom. The van der Waals surface area contributed by atoms with Crippen molar-refractivity contribution in [2.45, 2.75) is 25.3 Å². The lowest BCUT2D eigenvalue weighted by Gasteiger charge is -2.17. The first kappa shape index (κ1) is 16.0. The van der Waals surface area contributed by atoms with E-state index in [0.29, 0.717) is 12.8 Å². The molecule has 21 heavy (non-hydrogen) atoms. The Kier molecular flexibility index (Phi) is 3.87. The zero-order valence-corrected chi connectivity index (χ0v) is 11.6. The summed E-state index contributed by atoms with van der Waals surface area (Å²) < 4.78 is 62.3. The van der Waals surface area contributed by atoms with Gasteiger partial charge >= 0.3 is 15.6 Å². The number of amides is 2. The minimum Gasteiger partial charge on any atom is -0.272 e. The molecule has 10 heteroatoms. The first-order chi connectivity index (χ1) is 9.60. The van der Waals surface area contributed by atoms with E-state index in [4.69, 9.17) is 0 Å². The second-order valence-corrected chi connectivity index (χ2v) is 6.36. The van der Waals surface area contributed by atoms with Crippen LogP contribution in [-0.2, 0) is 24.0 Å². The molecule has 6 nitrogen and oxygen atoms in total. The first-order valence-electron chi connectivity index (χ1n) is 6.11. The number of allylic oxidation sites excluding steroid dienone is 2. The summed E-state index contributed by atoms with van der Waals surface area (Å²) in [6.45, 7) is 1.71. The average molecular weight is 327 g/mol. The molecule has 0 radical (unpaired) electrons. The number of imide groups is 1. The van der Waals surface area contributed by atoms with E-state index in [1.54, 1.807) is 19.1 Å². The molecule has 3 atom stereocenters. The molecule has 3 unspecified atom stereocenters. The van der Waals surface area contributed by atoms with Gasteiger partial charge in [0.2, 0.25) is 0 Å². The molecule has 1 saturated heterocycles. The lowest BCUT2D eigenvalue weighted by atomic mass is 9.91. The van der Waals surface area contributed by atoms with Crippen LogP contribution in [0.3, 0.4) is 0 Å². The van der Waals surface area contributed by atoms with E-state index in [9.17, 15) is 31.2 Å². The quantitative estimate of drug-likeness (QED) is 0.444. The number of carbonyl (C=O) groups is 2. The number of halogens is 3. The number of nitrogens with zero attached hydrogens (tertiary/aromatic N) is 1. The standard InChI is InChI=1S/C11H12F3NO5S/c1-2-3-6-4-5-7-8(6)10(17)15(9(7)16)20-21(18,19)11(12,13)14/h2-3,6-8H,4-5H2,1H3/b3-2-. The SMILES string of the molecule is C/C=C\C1CCC2C(=O)N(OS(=O)(=O)C(F)(F)F)C(=O)C12. The molecule has 0 aromatic rings. The smallest absolute Gasteiger partial charge is 0.272 e. The van der Waals surface area contributed by atoms with E-state index in [1.165, 1.54) is 0 Å². The van der Waals surface area contributed by atoms with Gasteiger partial charge in [0, 0.05) is 0 Å². The normalized spacial score (nSPS) is 30.5. The van der Waals surface area contributed by atoms with E-state index >= 15 is 0 Å². The van der Waals surface area contributed by atoms with Crippen LogP contribution in [0.5, 0.6) is 0 Å². The molecule has 1 saturated carbocycles. The Hall–Kier alpha value is -1.42. The van der Waals surface area contributed by atoms with Gasteiger partial charge in [-0.1, -0.05) is 12.2 Å². The van der Waals surface area contributed by atoms with Gasteiger partial charge in [-0.3, -0.25) is 9.59 Å². The molecule has 0 aromatic carbocycles. The number of hydroxylamine groups is 2. The molecule has 0 N–H and O–H groups in total. The second-order valence-electron chi connectivity index (χ2n) is 4.84. The van der Waals surface area contributed by atoms with Crippen LogP contribution in [-0.4, -0.2) is 30.8 Å². The van der Waals surface area contributed by atoms with Gasteiger partial charge in [-0.05, 0) is 25.7 Å². The van der Waals surface area contributed by atoms with Gasteiger partial charge in [-0.25, -0.2) is 0 Å². The summed E-state index contributed by atoms with van der Waals surface area (Å²) in [5, 5.41) is -0.256. The molecule has 2 fully saturated rings.